The largest absolute Gasteiger partial charge is 0.341 e. The summed E-state index contributed by atoms with van der Waals surface area (Å²) in [6, 6.07) is 0. The lowest BCUT2D eigenvalue weighted by Crippen LogP contribution is -2.35. The first-order chi connectivity index (χ1) is 5.40. The predicted octanol–water partition coefficient (Wildman–Crippen LogP) is 1.56. The van der Waals surface area contributed by atoms with Crippen molar-refractivity contribution in [3.63, 3.8) is 0 Å². The third-order valence-electron chi connectivity index (χ3n) is 1.93. The van der Waals surface area contributed by atoms with Crippen LogP contribution in [0.15, 0.2) is 0 Å². The van der Waals surface area contributed by atoms with Gasteiger partial charge in [0.05, 0.1) is 5.25 Å². The zero-order valence-electron chi connectivity index (χ0n) is 8.00. The number of likely N-dealkylation sites (tertiary alicyclic amines) is 1. The molecular formula is C9H17NOS. The summed E-state index contributed by atoms with van der Waals surface area (Å²) < 4.78 is 0. The molecule has 1 heterocycles. The van der Waals surface area contributed by atoms with Crippen LogP contribution in [0.5, 0.6) is 0 Å². The molecule has 1 aliphatic rings. The molecule has 3 heteroatoms. The summed E-state index contributed by atoms with van der Waals surface area (Å²) in [5.41, 5.74) is 0.202. The van der Waals surface area contributed by atoms with Crippen LogP contribution in [-0.4, -0.2) is 29.1 Å². The number of carbonyl (C=O) groups is 1. The molecule has 1 saturated heterocycles. The van der Waals surface area contributed by atoms with E-state index in [0.29, 0.717) is 0 Å². The van der Waals surface area contributed by atoms with E-state index in [1.165, 1.54) is 0 Å². The van der Waals surface area contributed by atoms with Crippen molar-refractivity contribution in [2.75, 3.05) is 13.1 Å². The summed E-state index contributed by atoms with van der Waals surface area (Å²) in [6.45, 7) is 8.16. The number of thiol groups is 1. The molecule has 70 valence electrons. The molecule has 0 saturated carbocycles. The molecule has 1 rings (SSSR count). The van der Waals surface area contributed by atoms with Crippen molar-refractivity contribution >= 4 is 18.5 Å². The van der Waals surface area contributed by atoms with Gasteiger partial charge in [-0.3, -0.25) is 4.79 Å². The average molecular weight is 187 g/mol. The van der Waals surface area contributed by atoms with Gasteiger partial charge in [-0.1, -0.05) is 20.8 Å². The Morgan fingerprint density at radius 1 is 1.58 bits per heavy atom. The zero-order chi connectivity index (χ0) is 9.35. The smallest absolute Gasteiger partial charge is 0.235 e. The lowest BCUT2D eigenvalue weighted by Gasteiger charge is -2.26. The van der Waals surface area contributed by atoms with Gasteiger partial charge in [0.1, 0.15) is 0 Å². The summed E-state index contributed by atoms with van der Waals surface area (Å²) in [5, 5.41) is -0.0488. The van der Waals surface area contributed by atoms with Crippen molar-refractivity contribution in [3.05, 3.63) is 0 Å². The highest BCUT2D eigenvalue weighted by Crippen LogP contribution is 2.22. The predicted molar refractivity (Wildman–Crippen MR) is 53.4 cm³/mol. The molecule has 0 radical (unpaired) electrons. The maximum absolute atomic E-state index is 11.4. The number of carbonyl (C=O) groups excluding carboxylic acids is 1. The van der Waals surface area contributed by atoms with Crippen LogP contribution in [0, 0.1) is 5.41 Å². The molecule has 1 amide bonds. The topological polar surface area (TPSA) is 20.3 Å². The molecule has 0 N–H and O–H groups in total. The molecule has 1 unspecified atom stereocenters. The second-order valence-electron chi connectivity index (χ2n) is 4.62. The van der Waals surface area contributed by atoms with E-state index in [2.05, 4.69) is 33.4 Å². The van der Waals surface area contributed by atoms with Gasteiger partial charge in [-0.05, 0) is 11.8 Å². The summed E-state index contributed by atoms with van der Waals surface area (Å²) >= 11 is 4.21. The van der Waals surface area contributed by atoms with E-state index in [-0.39, 0.29) is 16.6 Å². The van der Waals surface area contributed by atoms with Crippen LogP contribution >= 0.6 is 12.6 Å². The van der Waals surface area contributed by atoms with Crippen LogP contribution in [0.4, 0.5) is 0 Å². The molecule has 0 aromatic rings. The second-order valence-corrected chi connectivity index (χ2v) is 5.25. The normalized spacial score (nSPS) is 25.2. The van der Waals surface area contributed by atoms with Gasteiger partial charge < -0.3 is 4.90 Å². The van der Waals surface area contributed by atoms with Crippen molar-refractivity contribution in [2.45, 2.75) is 32.4 Å². The van der Waals surface area contributed by atoms with Gasteiger partial charge in [-0.2, -0.15) is 12.6 Å². The van der Waals surface area contributed by atoms with E-state index in [1.54, 1.807) is 0 Å². The molecule has 1 atom stereocenters. The molecule has 0 bridgehead atoms. The first-order valence-corrected chi connectivity index (χ1v) is 4.89. The molecule has 1 fully saturated rings. The fourth-order valence-electron chi connectivity index (χ4n) is 1.45. The maximum Gasteiger partial charge on any atom is 0.235 e. The van der Waals surface area contributed by atoms with E-state index in [9.17, 15) is 4.79 Å². The zero-order valence-corrected chi connectivity index (χ0v) is 8.90. The van der Waals surface area contributed by atoms with Gasteiger partial charge in [0.15, 0.2) is 0 Å². The molecule has 0 aromatic heterocycles. The number of hydrogen-bond donors (Lipinski definition) is 1. The molecule has 1 aliphatic heterocycles. The standard InChI is InChI=1S/C9H17NOS/c1-9(2,3)6-10-5-4-7(12)8(10)11/h7,12H,4-6H2,1-3H3. The highest BCUT2D eigenvalue weighted by molar-refractivity contribution is 7.81. The number of nitrogens with zero attached hydrogens (tertiary/aromatic N) is 1. The van der Waals surface area contributed by atoms with E-state index >= 15 is 0 Å². The first-order valence-electron chi connectivity index (χ1n) is 4.37. The van der Waals surface area contributed by atoms with E-state index in [1.807, 2.05) is 4.90 Å². The Kier molecular flexibility index (Phi) is 2.71. The Labute approximate surface area is 79.7 Å². The SMILES string of the molecule is CC(C)(C)CN1CCC(S)C1=O. The Hall–Kier alpha value is -0.180. The monoisotopic (exact) mass is 187 g/mol. The fourth-order valence-corrected chi connectivity index (χ4v) is 1.73. The molecule has 12 heavy (non-hydrogen) atoms. The summed E-state index contributed by atoms with van der Waals surface area (Å²) in [5.74, 6) is 0.202. The molecule has 0 aromatic carbocycles. The van der Waals surface area contributed by atoms with Crippen LogP contribution in [-0.2, 0) is 4.79 Å². The van der Waals surface area contributed by atoms with Crippen LogP contribution in [0.25, 0.3) is 0 Å². The summed E-state index contributed by atoms with van der Waals surface area (Å²) in [7, 11) is 0. The van der Waals surface area contributed by atoms with Gasteiger partial charge in [-0.15, -0.1) is 0 Å². The second kappa shape index (κ2) is 3.29. The minimum atomic E-state index is -0.0488. The third-order valence-corrected chi connectivity index (χ3v) is 2.41. The van der Waals surface area contributed by atoms with Crippen molar-refractivity contribution in [3.8, 4) is 0 Å². The first kappa shape index (κ1) is 9.90. The van der Waals surface area contributed by atoms with Crippen molar-refractivity contribution < 1.29 is 4.79 Å². The maximum atomic E-state index is 11.4. The van der Waals surface area contributed by atoms with Crippen molar-refractivity contribution in [1.29, 1.82) is 0 Å². The average Bonchev–Trinajstić information content (AvgIpc) is 2.16. The Balaban J connectivity index is 2.50. The van der Waals surface area contributed by atoms with Gasteiger partial charge in [-0.25, -0.2) is 0 Å². The minimum absolute atomic E-state index is 0.0488. The van der Waals surface area contributed by atoms with Crippen LogP contribution in [0.1, 0.15) is 27.2 Å². The lowest BCUT2D eigenvalue weighted by atomic mass is 9.96. The van der Waals surface area contributed by atoms with Gasteiger partial charge in [0.25, 0.3) is 0 Å². The van der Waals surface area contributed by atoms with Crippen LogP contribution in [0.2, 0.25) is 0 Å². The molecule has 2 nitrogen and oxygen atoms in total. The number of amides is 1. The van der Waals surface area contributed by atoms with Crippen LogP contribution < -0.4 is 0 Å². The van der Waals surface area contributed by atoms with E-state index < -0.39 is 0 Å². The summed E-state index contributed by atoms with van der Waals surface area (Å²) in [4.78, 5) is 13.3. The third kappa shape index (κ3) is 2.41. The number of rotatable bonds is 1. The van der Waals surface area contributed by atoms with Gasteiger partial charge in [0.2, 0.25) is 5.91 Å². The molecule has 0 aliphatic carbocycles. The molecular weight excluding hydrogens is 170 g/mol. The minimum Gasteiger partial charge on any atom is -0.341 e. The van der Waals surface area contributed by atoms with Gasteiger partial charge in [0, 0.05) is 13.1 Å². The Morgan fingerprint density at radius 3 is 2.50 bits per heavy atom. The lowest BCUT2D eigenvalue weighted by molar-refractivity contribution is -0.128. The Bertz CT molecular complexity index is 185. The Morgan fingerprint density at radius 2 is 2.17 bits per heavy atom. The highest BCUT2D eigenvalue weighted by Gasteiger charge is 2.30. The van der Waals surface area contributed by atoms with E-state index in [0.717, 1.165) is 19.5 Å². The van der Waals surface area contributed by atoms with Gasteiger partial charge >= 0.3 is 0 Å². The van der Waals surface area contributed by atoms with E-state index in [4.69, 9.17) is 0 Å². The summed E-state index contributed by atoms with van der Waals surface area (Å²) in [6.07, 6.45) is 0.901. The number of hydrogen-bond acceptors (Lipinski definition) is 2. The highest BCUT2D eigenvalue weighted by atomic mass is 32.1. The molecule has 0 spiro atoms. The van der Waals surface area contributed by atoms with Crippen LogP contribution in [0.3, 0.4) is 0 Å². The fraction of sp³-hybridized carbons (Fsp3) is 0.889. The quantitative estimate of drug-likeness (QED) is 0.618. The van der Waals surface area contributed by atoms with Crippen molar-refractivity contribution in [1.82, 2.24) is 4.90 Å². The van der Waals surface area contributed by atoms with Crippen molar-refractivity contribution in [2.24, 2.45) is 5.41 Å².